The van der Waals surface area contributed by atoms with E-state index in [0.29, 0.717) is 12.5 Å². The van der Waals surface area contributed by atoms with Gasteiger partial charge in [-0.3, -0.25) is 0 Å². The Balaban J connectivity index is 1.89. The number of urea groups is 1. The lowest BCUT2D eigenvalue weighted by Gasteiger charge is -2.27. The van der Waals surface area contributed by atoms with E-state index < -0.39 is 0 Å². The molecule has 0 spiro atoms. The molecule has 1 aromatic carbocycles. The van der Waals surface area contributed by atoms with Crippen LogP contribution >= 0.6 is 11.6 Å². The summed E-state index contributed by atoms with van der Waals surface area (Å²) in [6.45, 7) is 9.80. The summed E-state index contributed by atoms with van der Waals surface area (Å²) in [4.78, 5) is 13.3. The number of hydrogen-bond donors (Lipinski definition) is 1. The topological polar surface area (TPSA) is 32.3 Å². The maximum atomic E-state index is 11.7. The Morgan fingerprint density at radius 3 is 2.48 bits per heavy atom. The highest BCUT2D eigenvalue weighted by Crippen LogP contribution is 2.73. The summed E-state index contributed by atoms with van der Waals surface area (Å²) in [6.07, 6.45) is 0. The van der Waals surface area contributed by atoms with Gasteiger partial charge in [-0.05, 0) is 33.9 Å². The average molecular weight is 307 g/mol. The van der Waals surface area contributed by atoms with E-state index >= 15 is 0 Å². The molecule has 2 aliphatic rings. The molecule has 0 aromatic heterocycles. The van der Waals surface area contributed by atoms with Crippen LogP contribution in [-0.4, -0.2) is 18.0 Å². The van der Waals surface area contributed by atoms with E-state index in [0.717, 1.165) is 16.8 Å². The van der Waals surface area contributed by atoms with E-state index in [4.69, 9.17) is 11.6 Å². The Hall–Kier alpha value is -1.22. The van der Waals surface area contributed by atoms with Crippen LogP contribution < -0.4 is 5.32 Å². The summed E-state index contributed by atoms with van der Waals surface area (Å²) in [5, 5.41) is 2.91. The monoisotopic (exact) mass is 306 g/mol. The number of carbonyl (C=O) groups is 1. The highest BCUT2D eigenvalue weighted by Gasteiger charge is 2.67. The van der Waals surface area contributed by atoms with Crippen molar-refractivity contribution in [2.24, 2.45) is 16.7 Å². The van der Waals surface area contributed by atoms with Gasteiger partial charge in [0.2, 0.25) is 0 Å². The molecule has 0 saturated heterocycles. The number of halogens is 1. The Kier molecular flexibility index (Phi) is 3.07. The lowest BCUT2D eigenvalue weighted by Crippen LogP contribution is -2.35. The molecule has 3 rings (SSSR count). The number of hydrogen-bond acceptors (Lipinski definition) is 1. The van der Waals surface area contributed by atoms with Gasteiger partial charge in [-0.15, -0.1) is 11.6 Å². The van der Waals surface area contributed by atoms with E-state index in [1.807, 2.05) is 12.1 Å². The van der Waals surface area contributed by atoms with E-state index in [1.54, 1.807) is 11.9 Å². The maximum absolute atomic E-state index is 11.7. The molecule has 1 N–H and O–H groups in total. The number of benzene rings is 1. The fourth-order valence-corrected chi connectivity index (χ4v) is 4.51. The quantitative estimate of drug-likeness (QED) is 0.794. The van der Waals surface area contributed by atoms with Crippen LogP contribution in [0.25, 0.3) is 0 Å². The second kappa shape index (κ2) is 4.39. The van der Waals surface area contributed by atoms with E-state index in [2.05, 4.69) is 39.1 Å². The minimum Gasteiger partial charge on any atom is -0.323 e. The van der Waals surface area contributed by atoms with Gasteiger partial charge in [0, 0.05) is 19.3 Å². The van der Waals surface area contributed by atoms with Crippen molar-refractivity contribution < 1.29 is 4.79 Å². The average Bonchev–Trinajstić information content (AvgIpc) is 2.80. The van der Waals surface area contributed by atoms with Gasteiger partial charge in [0.1, 0.15) is 0 Å². The highest BCUT2D eigenvalue weighted by molar-refractivity contribution is 6.21. The first kappa shape index (κ1) is 14.7. The molecule has 1 aromatic rings. The summed E-state index contributed by atoms with van der Waals surface area (Å²) in [5.41, 5.74) is 3.72. The summed E-state index contributed by atoms with van der Waals surface area (Å²) in [5.74, 6) is 0.473. The predicted octanol–water partition coefficient (Wildman–Crippen LogP) is 4.63. The molecule has 1 aliphatic heterocycles. The van der Waals surface area contributed by atoms with Crippen molar-refractivity contribution in [3.8, 4) is 0 Å². The Labute approximate surface area is 131 Å². The number of alkyl halides is 1. The van der Waals surface area contributed by atoms with Gasteiger partial charge in [0.25, 0.3) is 0 Å². The van der Waals surface area contributed by atoms with E-state index in [9.17, 15) is 4.79 Å². The minimum absolute atomic E-state index is 0.0169. The predicted molar refractivity (Wildman–Crippen MR) is 86.6 cm³/mol. The lowest BCUT2D eigenvalue weighted by molar-refractivity contribution is 0.218. The molecule has 0 radical (unpaired) electrons. The van der Waals surface area contributed by atoms with Crippen molar-refractivity contribution in [2.45, 2.75) is 39.6 Å². The first-order chi connectivity index (χ1) is 9.66. The summed E-state index contributed by atoms with van der Waals surface area (Å²) >= 11 is 6.78. The largest absolute Gasteiger partial charge is 0.323 e. The summed E-state index contributed by atoms with van der Waals surface area (Å²) in [7, 11) is 1.80. The number of amides is 2. The highest BCUT2D eigenvalue weighted by atomic mass is 35.5. The molecule has 114 valence electrons. The second-order valence-electron chi connectivity index (χ2n) is 7.53. The first-order valence-electron chi connectivity index (χ1n) is 7.45. The van der Waals surface area contributed by atoms with Gasteiger partial charge in [0.15, 0.2) is 0 Å². The molecule has 21 heavy (non-hydrogen) atoms. The smallest absolute Gasteiger partial charge is 0.321 e. The molecule has 2 amide bonds. The normalized spacial score (nSPS) is 24.3. The zero-order valence-corrected chi connectivity index (χ0v) is 14.1. The third-order valence-electron chi connectivity index (χ3n) is 5.87. The molecule has 1 aliphatic carbocycles. The molecular weight excluding hydrogens is 284 g/mol. The molecule has 0 bridgehead atoms. The van der Waals surface area contributed by atoms with E-state index in [1.165, 1.54) is 0 Å². The van der Waals surface area contributed by atoms with Crippen molar-refractivity contribution in [1.29, 1.82) is 0 Å². The van der Waals surface area contributed by atoms with E-state index in [-0.39, 0.29) is 22.2 Å². The fourth-order valence-electron chi connectivity index (χ4n) is 3.75. The van der Waals surface area contributed by atoms with Gasteiger partial charge < -0.3 is 10.2 Å². The van der Waals surface area contributed by atoms with Gasteiger partial charge in [-0.25, -0.2) is 4.79 Å². The lowest BCUT2D eigenvalue weighted by atomic mass is 9.98. The van der Waals surface area contributed by atoms with Crippen molar-refractivity contribution in [3.63, 3.8) is 0 Å². The van der Waals surface area contributed by atoms with Gasteiger partial charge in [0.05, 0.1) is 5.38 Å². The van der Waals surface area contributed by atoms with Crippen molar-refractivity contribution in [1.82, 2.24) is 4.90 Å². The second-order valence-corrected chi connectivity index (χ2v) is 8.00. The number of rotatable bonds is 2. The van der Waals surface area contributed by atoms with Crippen LogP contribution in [0.15, 0.2) is 18.2 Å². The molecule has 3 nitrogen and oxygen atoms in total. The van der Waals surface area contributed by atoms with Crippen molar-refractivity contribution in [3.05, 3.63) is 29.3 Å². The van der Waals surface area contributed by atoms with Crippen LogP contribution in [0, 0.1) is 16.7 Å². The van der Waals surface area contributed by atoms with Crippen LogP contribution in [0.5, 0.6) is 0 Å². The molecule has 1 fully saturated rings. The molecule has 1 saturated carbocycles. The van der Waals surface area contributed by atoms with Crippen LogP contribution in [-0.2, 0) is 6.54 Å². The third kappa shape index (κ3) is 2.05. The SMILES string of the molecule is CN1Cc2cc(C(Cl)C3C(C)(C)C3(C)C)ccc2NC1=O. The fraction of sp³-hybridized carbons (Fsp3) is 0.588. The third-order valence-corrected chi connectivity index (χ3v) is 6.37. The summed E-state index contributed by atoms with van der Waals surface area (Å²) < 4.78 is 0. The number of nitrogens with one attached hydrogen (secondary N) is 1. The zero-order chi connectivity index (χ0) is 15.6. The number of fused-ring (bicyclic) bond motifs is 1. The molecule has 4 heteroatoms. The minimum atomic E-state index is -0.0536. The van der Waals surface area contributed by atoms with Crippen molar-refractivity contribution in [2.75, 3.05) is 12.4 Å². The standard InChI is InChI=1S/C17H23ClN2O/c1-16(2)14(17(16,3)4)13(18)10-6-7-12-11(8-10)9-20(5)15(21)19-12/h6-8,13-14H,9H2,1-5H3,(H,19,21). The summed E-state index contributed by atoms with van der Waals surface area (Å²) in [6, 6.07) is 6.12. The maximum Gasteiger partial charge on any atom is 0.321 e. The number of carbonyl (C=O) groups excluding carboxylic acids is 1. The van der Waals surface area contributed by atoms with Crippen LogP contribution in [0.1, 0.15) is 44.2 Å². The van der Waals surface area contributed by atoms with Crippen molar-refractivity contribution >= 4 is 23.3 Å². The molecular formula is C17H23ClN2O. The Morgan fingerprint density at radius 2 is 1.90 bits per heavy atom. The number of nitrogens with zero attached hydrogens (tertiary/aromatic N) is 1. The number of anilines is 1. The van der Waals surface area contributed by atoms with Gasteiger partial charge >= 0.3 is 6.03 Å². The van der Waals surface area contributed by atoms with Gasteiger partial charge in [-0.1, -0.05) is 39.8 Å². The molecule has 1 unspecified atom stereocenters. The Bertz CT molecular complexity index is 595. The first-order valence-corrected chi connectivity index (χ1v) is 7.89. The Morgan fingerprint density at radius 1 is 1.29 bits per heavy atom. The molecule has 1 heterocycles. The van der Waals surface area contributed by atoms with Crippen LogP contribution in [0.3, 0.4) is 0 Å². The molecule has 1 atom stereocenters. The zero-order valence-electron chi connectivity index (χ0n) is 13.3. The van der Waals surface area contributed by atoms with Gasteiger partial charge in [-0.2, -0.15) is 0 Å². The van der Waals surface area contributed by atoms with Crippen LogP contribution in [0.2, 0.25) is 0 Å². The van der Waals surface area contributed by atoms with Crippen LogP contribution in [0.4, 0.5) is 10.5 Å².